The van der Waals surface area contributed by atoms with Gasteiger partial charge in [-0.1, -0.05) is 12.8 Å². The van der Waals surface area contributed by atoms with Crippen molar-refractivity contribution in [1.82, 2.24) is 4.90 Å². The summed E-state index contributed by atoms with van der Waals surface area (Å²) >= 11 is 0. The Hall–Kier alpha value is -0.610. The van der Waals surface area contributed by atoms with Crippen molar-refractivity contribution in [2.75, 3.05) is 19.6 Å². The number of rotatable bonds is 6. The molecule has 1 aliphatic heterocycles. The van der Waals surface area contributed by atoms with Crippen molar-refractivity contribution in [3.05, 3.63) is 0 Å². The summed E-state index contributed by atoms with van der Waals surface area (Å²) in [6, 6.07) is 0. The fourth-order valence-corrected chi connectivity index (χ4v) is 2.31. The smallest absolute Gasteiger partial charge is 0.222 e. The van der Waals surface area contributed by atoms with E-state index in [4.69, 9.17) is 10.5 Å². The fourth-order valence-electron chi connectivity index (χ4n) is 2.31. The van der Waals surface area contributed by atoms with Crippen LogP contribution < -0.4 is 5.73 Å². The highest BCUT2D eigenvalue weighted by Gasteiger charge is 2.25. The van der Waals surface area contributed by atoms with Crippen LogP contribution in [0, 0.1) is 0 Å². The van der Waals surface area contributed by atoms with E-state index in [0.29, 0.717) is 6.42 Å². The third kappa shape index (κ3) is 5.50. The van der Waals surface area contributed by atoms with Crippen LogP contribution in [0.15, 0.2) is 0 Å². The summed E-state index contributed by atoms with van der Waals surface area (Å²) in [6.45, 7) is 6.29. The van der Waals surface area contributed by atoms with Crippen LogP contribution in [0.1, 0.15) is 46.0 Å². The van der Waals surface area contributed by atoms with Gasteiger partial charge in [-0.05, 0) is 33.2 Å². The van der Waals surface area contributed by atoms with Crippen LogP contribution in [0.4, 0.5) is 0 Å². The van der Waals surface area contributed by atoms with Gasteiger partial charge in [-0.25, -0.2) is 0 Å². The Morgan fingerprint density at radius 1 is 1.18 bits per heavy atom. The maximum Gasteiger partial charge on any atom is 0.222 e. The fraction of sp³-hybridized carbons (Fsp3) is 0.923. The summed E-state index contributed by atoms with van der Waals surface area (Å²) in [5.41, 5.74) is 5.43. The maximum atomic E-state index is 12.0. The predicted octanol–water partition coefficient (Wildman–Crippen LogP) is 1.53. The van der Waals surface area contributed by atoms with Crippen molar-refractivity contribution in [2.45, 2.75) is 58.2 Å². The Labute approximate surface area is 104 Å². The van der Waals surface area contributed by atoms with Crippen molar-refractivity contribution in [3.63, 3.8) is 0 Å². The third-order valence-electron chi connectivity index (χ3n) is 3.12. The highest BCUT2D eigenvalue weighted by molar-refractivity contribution is 5.76. The van der Waals surface area contributed by atoms with E-state index in [9.17, 15) is 4.79 Å². The van der Waals surface area contributed by atoms with Crippen LogP contribution in [0.3, 0.4) is 0 Å². The minimum Gasteiger partial charge on any atom is -0.372 e. The highest BCUT2D eigenvalue weighted by atomic mass is 16.5. The second kappa shape index (κ2) is 7.67. The van der Waals surface area contributed by atoms with E-state index >= 15 is 0 Å². The average molecular weight is 242 g/mol. The molecule has 1 saturated heterocycles. The summed E-state index contributed by atoms with van der Waals surface area (Å²) < 4.78 is 5.62. The van der Waals surface area contributed by atoms with E-state index in [-0.39, 0.29) is 18.1 Å². The molecule has 1 rings (SSSR count). The average Bonchev–Trinajstić information content (AvgIpc) is 2.27. The second-order valence-electron chi connectivity index (χ2n) is 5.01. The van der Waals surface area contributed by atoms with Gasteiger partial charge in [-0.2, -0.15) is 0 Å². The zero-order valence-corrected chi connectivity index (χ0v) is 11.2. The van der Waals surface area contributed by atoms with Gasteiger partial charge >= 0.3 is 0 Å². The molecule has 0 aromatic rings. The van der Waals surface area contributed by atoms with E-state index in [1.165, 1.54) is 0 Å². The number of hydrogen-bond acceptors (Lipinski definition) is 3. The normalized spacial score (nSPS) is 25.0. The monoisotopic (exact) mass is 242 g/mol. The minimum absolute atomic E-state index is 0.167. The predicted molar refractivity (Wildman–Crippen MR) is 68.7 cm³/mol. The van der Waals surface area contributed by atoms with Gasteiger partial charge in [-0.3, -0.25) is 4.79 Å². The van der Waals surface area contributed by atoms with E-state index in [2.05, 4.69) is 0 Å². The molecule has 17 heavy (non-hydrogen) atoms. The number of morpholine rings is 1. The zero-order chi connectivity index (χ0) is 12.7. The Morgan fingerprint density at radius 3 is 2.35 bits per heavy atom. The molecule has 0 aromatic heterocycles. The first-order valence-electron chi connectivity index (χ1n) is 6.76. The first kappa shape index (κ1) is 14.5. The van der Waals surface area contributed by atoms with Crippen molar-refractivity contribution >= 4 is 5.91 Å². The van der Waals surface area contributed by atoms with Crippen LogP contribution in [0.5, 0.6) is 0 Å². The minimum atomic E-state index is 0.167. The Balaban J connectivity index is 2.18. The molecule has 0 aliphatic carbocycles. The standard InChI is InChI=1S/C13H26N2O2/c1-11-9-15(10-12(2)17-11)13(16)7-5-3-4-6-8-14/h11-12H,3-10,14H2,1-2H3/t11-,12+. The van der Waals surface area contributed by atoms with Crippen LogP contribution in [0.25, 0.3) is 0 Å². The molecule has 4 nitrogen and oxygen atoms in total. The molecule has 1 heterocycles. The van der Waals surface area contributed by atoms with Crippen molar-refractivity contribution in [3.8, 4) is 0 Å². The van der Waals surface area contributed by atoms with E-state index < -0.39 is 0 Å². The Morgan fingerprint density at radius 2 is 1.76 bits per heavy atom. The van der Waals surface area contributed by atoms with Gasteiger partial charge in [0.05, 0.1) is 12.2 Å². The molecule has 1 amide bonds. The van der Waals surface area contributed by atoms with Crippen LogP contribution in [0.2, 0.25) is 0 Å². The van der Waals surface area contributed by atoms with Crippen molar-refractivity contribution < 1.29 is 9.53 Å². The lowest BCUT2D eigenvalue weighted by atomic mass is 10.1. The first-order chi connectivity index (χ1) is 8.13. The van der Waals surface area contributed by atoms with Gasteiger partial charge in [0, 0.05) is 19.5 Å². The summed E-state index contributed by atoms with van der Waals surface area (Å²) in [5.74, 6) is 0.278. The maximum absolute atomic E-state index is 12.0. The van der Waals surface area contributed by atoms with E-state index in [1.807, 2.05) is 18.7 Å². The molecule has 0 radical (unpaired) electrons. The molecule has 0 saturated carbocycles. The van der Waals surface area contributed by atoms with Gasteiger partial charge in [0.1, 0.15) is 0 Å². The molecule has 2 atom stereocenters. The lowest BCUT2D eigenvalue weighted by Gasteiger charge is -2.35. The lowest BCUT2D eigenvalue weighted by molar-refractivity contribution is -0.143. The molecule has 0 unspecified atom stereocenters. The Kier molecular flexibility index (Phi) is 6.52. The SMILES string of the molecule is C[C@@H]1CN(C(=O)CCCCCCN)C[C@H](C)O1. The lowest BCUT2D eigenvalue weighted by Crippen LogP contribution is -2.48. The highest BCUT2D eigenvalue weighted by Crippen LogP contribution is 2.13. The van der Waals surface area contributed by atoms with E-state index in [1.54, 1.807) is 0 Å². The van der Waals surface area contributed by atoms with Gasteiger partial charge < -0.3 is 15.4 Å². The number of nitrogens with two attached hydrogens (primary N) is 1. The van der Waals surface area contributed by atoms with Gasteiger partial charge in [0.2, 0.25) is 5.91 Å². The largest absolute Gasteiger partial charge is 0.372 e. The molecule has 1 fully saturated rings. The first-order valence-corrected chi connectivity index (χ1v) is 6.76. The molecular formula is C13H26N2O2. The number of amides is 1. The van der Waals surface area contributed by atoms with Gasteiger partial charge in [-0.15, -0.1) is 0 Å². The zero-order valence-electron chi connectivity index (χ0n) is 11.2. The van der Waals surface area contributed by atoms with Crippen LogP contribution in [-0.2, 0) is 9.53 Å². The number of carbonyl (C=O) groups is 1. The second-order valence-corrected chi connectivity index (χ2v) is 5.01. The van der Waals surface area contributed by atoms with Crippen LogP contribution >= 0.6 is 0 Å². The topological polar surface area (TPSA) is 55.6 Å². The molecule has 100 valence electrons. The summed E-state index contributed by atoms with van der Waals surface area (Å²) in [6.07, 6.45) is 5.31. The number of ether oxygens (including phenoxy) is 1. The molecule has 4 heteroatoms. The molecule has 0 aromatic carbocycles. The summed E-state index contributed by atoms with van der Waals surface area (Å²) in [4.78, 5) is 13.9. The summed E-state index contributed by atoms with van der Waals surface area (Å²) in [5, 5.41) is 0. The molecule has 0 bridgehead atoms. The number of hydrogen-bond donors (Lipinski definition) is 1. The number of carbonyl (C=O) groups excluding carboxylic acids is 1. The van der Waals surface area contributed by atoms with Gasteiger partial charge in [0.15, 0.2) is 0 Å². The molecule has 0 spiro atoms. The quantitative estimate of drug-likeness (QED) is 0.719. The van der Waals surface area contributed by atoms with E-state index in [0.717, 1.165) is 45.3 Å². The summed E-state index contributed by atoms with van der Waals surface area (Å²) in [7, 11) is 0. The molecule has 2 N–H and O–H groups in total. The third-order valence-corrected chi connectivity index (χ3v) is 3.12. The molecule has 1 aliphatic rings. The van der Waals surface area contributed by atoms with Gasteiger partial charge in [0.25, 0.3) is 0 Å². The van der Waals surface area contributed by atoms with Crippen molar-refractivity contribution in [1.29, 1.82) is 0 Å². The molecular weight excluding hydrogens is 216 g/mol. The van der Waals surface area contributed by atoms with Crippen LogP contribution in [-0.4, -0.2) is 42.6 Å². The number of unbranched alkanes of at least 4 members (excludes halogenated alkanes) is 3. The Bertz CT molecular complexity index is 223. The van der Waals surface area contributed by atoms with Crippen molar-refractivity contribution in [2.24, 2.45) is 5.73 Å². The number of nitrogens with zero attached hydrogens (tertiary/aromatic N) is 1.